The van der Waals surface area contributed by atoms with Crippen molar-refractivity contribution in [2.24, 2.45) is 0 Å². The Hall–Kier alpha value is -2.08. The predicted octanol–water partition coefficient (Wildman–Crippen LogP) is 1.93. The summed E-state index contributed by atoms with van der Waals surface area (Å²) in [6.07, 6.45) is 2.24. The fraction of sp³-hybridized carbons (Fsp3) is 0.579. The number of carbonyl (C=O) groups is 2. The monoisotopic (exact) mass is 345 g/mol. The van der Waals surface area contributed by atoms with Crippen LogP contribution in [0.1, 0.15) is 42.6 Å². The van der Waals surface area contributed by atoms with Crippen molar-refractivity contribution < 1.29 is 14.3 Å². The van der Waals surface area contributed by atoms with Crippen LogP contribution in [0.4, 0.5) is 5.69 Å². The van der Waals surface area contributed by atoms with Gasteiger partial charge in [-0.2, -0.15) is 0 Å². The molecule has 1 heterocycles. The zero-order chi connectivity index (χ0) is 18.0. The van der Waals surface area contributed by atoms with Gasteiger partial charge in [-0.3, -0.25) is 9.59 Å². The number of benzene rings is 1. The van der Waals surface area contributed by atoms with Crippen molar-refractivity contribution in [1.29, 1.82) is 0 Å². The highest BCUT2D eigenvalue weighted by Crippen LogP contribution is 2.21. The molecule has 1 aromatic carbocycles. The van der Waals surface area contributed by atoms with Crippen molar-refractivity contribution >= 4 is 17.5 Å². The first kappa shape index (κ1) is 17.7. The van der Waals surface area contributed by atoms with Crippen LogP contribution in [0.5, 0.6) is 0 Å². The molecule has 0 bridgehead atoms. The SMILES string of the molecule is Cc1ccc(C(=O)NC2CC2)cc1NCC(=O)N1CC(C)OC(C)C1. The molecule has 1 aliphatic heterocycles. The van der Waals surface area contributed by atoms with Crippen LogP contribution in [0.25, 0.3) is 0 Å². The molecule has 1 saturated heterocycles. The largest absolute Gasteiger partial charge is 0.376 e. The van der Waals surface area contributed by atoms with Crippen LogP contribution < -0.4 is 10.6 Å². The van der Waals surface area contributed by atoms with Crippen LogP contribution in [0, 0.1) is 6.92 Å². The van der Waals surface area contributed by atoms with Gasteiger partial charge in [-0.15, -0.1) is 0 Å². The highest BCUT2D eigenvalue weighted by atomic mass is 16.5. The summed E-state index contributed by atoms with van der Waals surface area (Å²) in [5.41, 5.74) is 2.46. The van der Waals surface area contributed by atoms with Crippen LogP contribution in [-0.4, -0.2) is 54.6 Å². The quantitative estimate of drug-likeness (QED) is 0.855. The molecule has 25 heavy (non-hydrogen) atoms. The molecule has 6 heteroatoms. The van der Waals surface area contributed by atoms with Crippen LogP contribution in [0.2, 0.25) is 0 Å². The number of nitrogens with zero attached hydrogens (tertiary/aromatic N) is 1. The summed E-state index contributed by atoms with van der Waals surface area (Å²) in [5, 5.41) is 6.18. The zero-order valence-corrected chi connectivity index (χ0v) is 15.2. The van der Waals surface area contributed by atoms with Crippen LogP contribution in [0.15, 0.2) is 18.2 Å². The molecule has 3 rings (SSSR count). The third kappa shape index (κ3) is 4.72. The minimum absolute atomic E-state index is 0.0484. The summed E-state index contributed by atoms with van der Waals surface area (Å²) in [4.78, 5) is 26.5. The molecule has 0 radical (unpaired) electrons. The highest BCUT2D eigenvalue weighted by molar-refractivity contribution is 5.96. The lowest BCUT2D eigenvalue weighted by atomic mass is 10.1. The zero-order valence-electron chi connectivity index (χ0n) is 15.2. The average molecular weight is 345 g/mol. The number of rotatable bonds is 5. The fourth-order valence-electron chi connectivity index (χ4n) is 3.11. The summed E-state index contributed by atoms with van der Waals surface area (Å²) >= 11 is 0. The van der Waals surface area contributed by atoms with Gasteiger partial charge in [0.15, 0.2) is 0 Å². The Kier molecular flexibility index (Phi) is 5.27. The number of carbonyl (C=O) groups excluding carboxylic acids is 2. The molecular weight excluding hydrogens is 318 g/mol. The van der Waals surface area contributed by atoms with Crippen LogP contribution in [-0.2, 0) is 9.53 Å². The second kappa shape index (κ2) is 7.44. The molecule has 1 saturated carbocycles. The molecule has 136 valence electrons. The van der Waals surface area contributed by atoms with Gasteiger partial charge < -0.3 is 20.3 Å². The second-order valence-corrected chi connectivity index (χ2v) is 7.19. The molecule has 1 aromatic rings. The maximum absolute atomic E-state index is 12.5. The maximum atomic E-state index is 12.5. The number of hydrogen-bond acceptors (Lipinski definition) is 4. The standard InChI is InChI=1S/C19H27N3O3/c1-12-4-5-15(19(24)21-16-6-7-16)8-17(12)20-9-18(23)22-10-13(2)25-14(3)11-22/h4-5,8,13-14,16,20H,6-7,9-11H2,1-3H3,(H,21,24). The first-order chi connectivity index (χ1) is 11.9. The molecule has 2 unspecified atom stereocenters. The third-order valence-electron chi connectivity index (χ3n) is 4.61. The van der Waals surface area contributed by atoms with E-state index in [9.17, 15) is 9.59 Å². The number of nitrogens with one attached hydrogen (secondary N) is 2. The van der Waals surface area contributed by atoms with E-state index in [4.69, 9.17) is 4.74 Å². The first-order valence-corrected chi connectivity index (χ1v) is 9.01. The summed E-state index contributed by atoms with van der Waals surface area (Å²) in [7, 11) is 0. The lowest BCUT2D eigenvalue weighted by Crippen LogP contribution is -2.49. The normalized spacial score (nSPS) is 23.2. The van der Waals surface area contributed by atoms with Crippen molar-refractivity contribution in [2.45, 2.75) is 51.9 Å². The number of anilines is 1. The number of aryl methyl sites for hydroxylation is 1. The van der Waals surface area contributed by atoms with E-state index in [0.717, 1.165) is 24.1 Å². The van der Waals surface area contributed by atoms with Gasteiger partial charge in [0.2, 0.25) is 5.91 Å². The van der Waals surface area contributed by atoms with E-state index in [-0.39, 0.29) is 30.6 Å². The topological polar surface area (TPSA) is 70.7 Å². The summed E-state index contributed by atoms with van der Waals surface area (Å²) in [6, 6.07) is 5.89. The summed E-state index contributed by atoms with van der Waals surface area (Å²) in [5.74, 6) is 0.00180. The second-order valence-electron chi connectivity index (χ2n) is 7.19. The lowest BCUT2D eigenvalue weighted by Gasteiger charge is -2.35. The summed E-state index contributed by atoms with van der Waals surface area (Å²) < 4.78 is 5.67. The van der Waals surface area contributed by atoms with Crippen molar-refractivity contribution in [3.05, 3.63) is 29.3 Å². The summed E-state index contributed by atoms with van der Waals surface area (Å²) in [6.45, 7) is 7.38. The van der Waals surface area contributed by atoms with Gasteiger partial charge in [0.25, 0.3) is 5.91 Å². The molecule has 6 nitrogen and oxygen atoms in total. The van der Waals surface area contributed by atoms with Crippen molar-refractivity contribution in [3.63, 3.8) is 0 Å². The molecule has 0 aromatic heterocycles. The van der Waals surface area contributed by atoms with Gasteiger partial charge in [0, 0.05) is 30.4 Å². The Morgan fingerprint density at radius 2 is 1.88 bits per heavy atom. The Morgan fingerprint density at radius 3 is 2.52 bits per heavy atom. The van der Waals surface area contributed by atoms with E-state index in [0.29, 0.717) is 24.7 Å². The van der Waals surface area contributed by atoms with Crippen molar-refractivity contribution in [3.8, 4) is 0 Å². The van der Waals surface area contributed by atoms with Gasteiger partial charge in [-0.25, -0.2) is 0 Å². The van der Waals surface area contributed by atoms with Gasteiger partial charge in [0.05, 0.1) is 18.8 Å². The highest BCUT2D eigenvalue weighted by Gasteiger charge is 2.26. The minimum atomic E-state index is -0.0484. The van der Waals surface area contributed by atoms with E-state index in [2.05, 4.69) is 10.6 Å². The smallest absolute Gasteiger partial charge is 0.251 e. The van der Waals surface area contributed by atoms with Crippen LogP contribution in [0.3, 0.4) is 0 Å². The Bertz CT molecular complexity index is 647. The number of hydrogen-bond donors (Lipinski definition) is 2. The predicted molar refractivity (Wildman–Crippen MR) is 96.7 cm³/mol. The van der Waals surface area contributed by atoms with Gasteiger partial charge in [-0.1, -0.05) is 6.07 Å². The Balaban J connectivity index is 1.59. The third-order valence-corrected chi connectivity index (χ3v) is 4.61. The van der Waals surface area contributed by atoms with Crippen molar-refractivity contribution in [2.75, 3.05) is 25.0 Å². The average Bonchev–Trinajstić information content (AvgIpc) is 3.36. The fourth-order valence-corrected chi connectivity index (χ4v) is 3.11. The maximum Gasteiger partial charge on any atom is 0.251 e. The van der Waals surface area contributed by atoms with E-state index >= 15 is 0 Å². The van der Waals surface area contributed by atoms with Crippen molar-refractivity contribution in [1.82, 2.24) is 10.2 Å². The lowest BCUT2D eigenvalue weighted by molar-refractivity contribution is -0.141. The first-order valence-electron chi connectivity index (χ1n) is 9.01. The molecular formula is C19H27N3O3. The van der Waals surface area contributed by atoms with E-state index in [1.165, 1.54) is 0 Å². The Labute approximate surface area is 148 Å². The number of ether oxygens (including phenoxy) is 1. The Morgan fingerprint density at radius 1 is 1.20 bits per heavy atom. The molecule has 1 aliphatic carbocycles. The van der Waals surface area contributed by atoms with E-state index in [1.54, 1.807) is 0 Å². The molecule has 2 N–H and O–H groups in total. The van der Waals surface area contributed by atoms with Gasteiger partial charge in [0.1, 0.15) is 0 Å². The molecule has 2 aliphatic rings. The van der Waals surface area contributed by atoms with Gasteiger partial charge >= 0.3 is 0 Å². The molecule has 2 amide bonds. The number of amides is 2. The molecule has 2 atom stereocenters. The van der Waals surface area contributed by atoms with E-state index in [1.807, 2.05) is 43.9 Å². The van der Waals surface area contributed by atoms with Crippen LogP contribution >= 0.6 is 0 Å². The number of morpholine rings is 1. The minimum Gasteiger partial charge on any atom is -0.376 e. The van der Waals surface area contributed by atoms with E-state index < -0.39 is 0 Å². The van der Waals surface area contributed by atoms with Gasteiger partial charge in [-0.05, 0) is 51.3 Å². The molecule has 0 spiro atoms. The molecule has 2 fully saturated rings.